The number of ketones is 1. The highest BCUT2D eigenvalue weighted by atomic mass is 32.2. The van der Waals surface area contributed by atoms with E-state index in [4.69, 9.17) is 4.42 Å². The van der Waals surface area contributed by atoms with Crippen LogP contribution in [-0.2, 0) is 14.8 Å². The molecule has 0 aliphatic heterocycles. The molecule has 0 aliphatic rings. The van der Waals surface area contributed by atoms with Gasteiger partial charge in [-0.1, -0.05) is 18.2 Å². The molecular formula is C14H14N2O5S. The van der Waals surface area contributed by atoms with E-state index in [2.05, 4.69) is 4.98 Å². The summed E-state index contributed by atoms with van der Waals surface area (Å²) < 4.78 is 29.1. The van der Waals surface area contributed by atoms with E-state index in [1.807, 2.05) is 4.72 Å². The number of hydrogen-bond acceptors (Lipinski definition) is 6. The highest BCUT2D eigenvalue weighted by Gasteiger charge is 2.20. The Morgan fingerprint density at radius 1 is 1.32 bits per heavy atom. The van der Waals surface area contributed by atoms with Crippen molar-refractivity contribution in [3.63, 3.8) is 0 Å². The maximum absolute atomic E-state index is 12.1. The van der Waals surface area contributed by atoms with Crippen LogP contribution in [0.5, 0.6) is 0 Å². The zero-order chi connectivity index (χ0) is 16.3. The molecule has 0 bridgehead atoms. The quantitative estimate of drug-likeness (QED) is 0.826. The molecule has 0 saturated heterocycles. The van der Waals surface area contributed by atoms with Crippen molar-refractivity contribution < 1.29 is 22.4 Å². The van der Waals surface area contributed by atoms with Crippen LogP contribution in [0.4, 0.5) is 0 Å². The van der Waals surface area contributed by atoms with Crippen LogP contribution in [0.2, 0.25) is 0 Å². The average Bonchev–Trinajstić information content (AvgIpc) is 2.98. The first-order chi connectivity index (χ1) is 10.3. The summed E-state index contributed by atoms with van der Waals surface area (Å²) in [5, 5.41) is 0. The Bertz CT molecular complexity index is 796. The first-order valence-electron chi connectivity index (χ1n) is 6.33. The SMILES string of the molecule is C[C@@H](C(=O)NS(C)(=O)=O)c1cccc(C(=O)c2ncco2)c1. The standard InChI is InChI=1S/C14H14N2O5S/c1-9(13(18)16-22(2,19)20)10-4-3-5-11(8-10)12(17)14-15-6-7-21-14/h3-9H,1-2H3,(H,16,18)/t9-/m1/s1. The lowest BCUT2D eigenvalue weighted by Crippen LogP contribution is -2.32. The van der Waals surface area contributed by atoms with Crippen molar-refractivity contribution in [3.8, 4) is 0 Å². The molecule has 1 heterocycles. The lowest BCUT2D eigenvalue weighted by atomic mass is 9.97. The molecule has 1 aromatic carbocycles. The second-order valence-electron chi connectivity index (χ2n) is 4.75. The number of rotatable bonds is 5. The molecule has 0 aliphatic carbocycles. The number of sulfonamides is 1. The molecule has 8 heteroatoms. The number of hydrogen-bond donors (Lipinski definition) is 1. The van der Waals surface area contributed by atoms with Crippen molar-refractivity contribution in [2.45, 2.75) is 12.8 Å². The molecule has 7 nitrogen and oxygen atoms in total. The zero-order valence-corrected chi connectivity index (χ0v) is 12.8. The van der Waals surface area contributed by atoms with E-state index in [-0.39, 0.29) is 5.89 Å². The molecule has 116 valence electrons. The second-order valence-corrected chi connectivity index (χ2v) is 6.50. The molecule has 1 atom stereocenters. The van der Waals surface area contributed by atoms with Gasteiger partial charge in [0.1, 0.15) is 6.26 Å². The van der Waals surface area contributed by atoms with Crippen LogP contribution in [0.15, 0.2) is 41.1 Å². The van der Waals surface area contributed by atoms with Gasteiger partial charge in [0.05, 0.1) is 18.4 Å². The fraction of sp³-hybridized carbons (Fsp3) is 0.214. The van der Waals surface area contributed by atoms with E-state index in [9.17, 15) is 18.0 Å². The molecule has 1 N–H and O–H groups in total. The summed E-state index contributed by atoms with van der Waals surface area (Å²) in [5.74, 6) is -1.86. The molecule has 0 spiro atoms. The number of carbonyl (C=O) groups is 2. The summed E-state index contributed by atoms with van der Waals surface area (Å²) in [7, 11) is -3.63. The Morgan fingerprint density at radius 3 is 2.64 bits per heavy atom. The van der Waals surface area contributed by atoms with Crippen molar-refractivity contribution in [1.82, 2.24) is 9.71 Å². The minimum absolute atomic E-state index is 0.0506. The summed E-state index contributed by atoms with van der Waals surface area (Å²) in [6.07, 6.45) is 3.55. The number of benzene rings is 1. The molecule has 2 aromatic rings. The Labute approximate surface area is 127 Å². The van der Waals surface area contributed by atoms with Crippen LogP contribution >= 0.6 is 0 Å². The third-order valence-corrected chi connectivity index (χ3v) is 3.53. The van der Waals surface area contributed by atoms with Crippen molar-refractivity contribution in [2.24, 2.45) is 0 Å². The van der Waals surface area contributed by atoms with Crippen LogP contribution in [0, 0.1) is 0 Å². The van der Waals surface area contributed by atoms with E-state index in [1.165, 1.54) is 18.5 Å². The third-order valence-electron chi connectivity index (χ3n) is 2.95. The minimum Gasteiger partial charge on any atom is -0.442 e. The van der Waals surface area contributed by atoms with Crippen LogP contribution < -0.4 is 4.72 Å². The summed E-state index contributed by atoms with van der Waals surface area (Å²) in [6.45, 7) is 1.55. The largest absolute Gasteiger partial charge is 0.442 e. The number of nitrogens with zero attached hydrogens (tertiary/aromatic N) is 1. The molecule has 0 unspecified atom stereocenters. The van der Waals surface area contributed by atoms with E-state index in [0.717, 1.165) is 6.26 Å². The number of oxazole rings is 1. The first-order valence-corrected chi connectivity index (χ1v) is 8.23. The highest BCUT2D eigenvalue weighted by molar-refractivity contribution is 7.89. The molecule has 0 radical (unpaired) electrons. The van der Waals surface area contributed by atoms with Gasteiger partial charge in [-0.2, -0.15) is 0 Å². The minimum atomic E-state index is -3.63. The first kappa shape index (κ1) is 15.9. The molecule has 22 heavy (non-hydrogen) atoms. The fourth-order valence-corrected chi connectivity index (χ4v) is 2.37. The van der Waals surface area contributed by atoms with Crippen LogP contribution in [0.3, 0.4) is 0 Å². The number of nitrogens with one attached hydrogen (secondary N) is 1. The van der Waals surface area contributed by atoms with Gasteiger partial charge in [-0.15, -0.1) is 0 Å². The number of aromatic nitrogens is 1. The fourth-order valence-electron chi connectivity index (χ4n) is 1.83. The van der Waals surface area contributed by atoms with Crippen molar-refractivity contribution >= 4 is 21.7 Å². The smallest absolute Gasteiger partial charge is 0.268 e. The number of carbonyl (C=O) groups excluding carboxylic acids is 2. The lowest BCUT2D eigenvalue weighted by Gasteiger charge is -2.12. The Balaban J connectivity index is 2.25. The topological polar surface area (TPSA) is 106 Å². The molecule has 0 fully saturated rings. The predicted octanol–water partition coefficient (Wildman–Crippen LogP) is 1.08. The Morgan fingerprint density at radius 2 is 2.05 bits per heavy atom. The predicted molar refractivity (Wildman–Crippen MR) is 77.8 cm³/mol. The zero-order valence-electron chi connectivity index (χ0n) is 11.9. The molecule has 1 aromatic heterocycles. The van der Waals surface area contributed by atoms with Gasteiger partial charge in [0, 0.05) is 5.56 Å². The van der Waals surface area contributed by atoms with Gasteiger partial charge in [-0.3, -0.25) is 14.3 Å². The molecule has 0 saturated carbocycles. The van der Waals surface area contributed by atoms with Crippen LogP contribution in [0.1, 0.15) is 34.7 Å². The normalized spacial score (nSPS) is 12.6. The maximum atomic E-state index is 12.1. The van der Waals surface area contributed by atoms with E-state index in [0.29, 0.717) is 11.1 Å². The van der Waals surface area contributed by atoms with Gasteiger partial charge in [0.2, 0.25) is 21.7 Å². The van der Waals surface area contributed by atoms with E-state index in [1.54, 1.807) is 25.1 Å². The summed E-state index contributed by atoms with van der Waals surface area (Å²) in [4.78, 5) is 27.8. The van der Waals surface area contributed by atoms with Crippen LogP contribution in [-0.4, -0.2) is 31.3 Å². The van der Waals surface area contributed by atoms with Crippen molar-refractivity contribution in [3.05, 3.63) is 53.7 Å². The Hall–Kier alpha value is -2.48. The van der Waals surface area contributed by atoms with E-state index >= 15 is 0 Å². The van der Waals surface area contributed by atoms with Gasteiger partial charge < -0.3 is 4.42 Å². The molecule has 1 amide bonds. The molecular weight excluding hydrogens is 308 g/mol. The van der Waals surface area contributed by atoms with Gasteiger partial charge in [0.15, 0.2) is 0 Å². The van der Waals surface area contributed by atoms with Gasteiger partial charge in [0.25, 0.3) is 5.89 Å². The highest BCUT2D eigenvalue weighted by Crippen LogP contribution is 2.18. The summed E-state index contributed by atoms with van der Waals surface area (Å²) in [5.41, 5.74) is 0.817. The maximum Gasteiger partial charge on any atom is 0.268 e. The summed E-state index contributed by atoms with van der Waals surface area (Å²) in [6, 6.07) is 6.32. The average molecular weight is 322 g/mol. The Kier molecular flexibility index (Phi) is 4.41. The molecule has 2 rings (SSSR count). The number of amides is 1. The monoisotopic (exact) mass is 322 g/mol. The van der Waals surface area contributed by atoms with Crippen LogP contribution in [0.25, 0.3) is 0 Å². The lowest BCUT2D eigenvalue weighted by molar-refractivity contribution is -0.120. The van der Waals surface area contributed by atoms with Gasteiger partial charge in [-0.25, -0.2) is 13.4 Å². The van der Waals surface area contributed by atoms with Gasteiger partial charge in [-0.05, 0) is 18.6 Å². The second kappa shape index (κ2) is 6.10. The van der Waals surface area contributed by atoms with E-state index < -0.39 is 27.6 Å². The summed E-state index contributed by atoms with van der Waals surface area (Å²) >= 11 is 0. The third kappa shape index (κ3) is 3.79. The van der Waals surface area contributed by atoms with Crippen molar-refractivity contribution in [1.29, 1.82) is 0 Å². The van der Waals surface area contributed by atoms with Gasteiger partial charge >= 0.3 is 0 Å². The van der Waals surface area contributed by atoms with Crippen molar-refractivity contribution in [2.75, 3.05) is 6.26 Å².